The minimum Gasteiger partial charge on any atom is -0.368 e. The molecule has 1 aliphatic heterocycles. The number of imide groups is 1. The van der Waals surface area contributed by atoms with Crippen LogP contribution in [-0.4, -0.2) is 41.3 Å². The number of urea groups is 1. The number of rotatable bonds is 1. The van der Waals surface area contributed by atoms with E-state index in [-0.39, 0.29) is 0 Å². The Labute approximate surface area is 67.3 Å². The van der Waals surface area contributed by atoms with E-state index in [1.807, 2.05) is 5.32 Å². The van der Waals surface area contributed by atoms with Crippen molar-refractivity contribution >= 4 is 11.9 Å². The fraction of sp³-hybridized carbons (Fsp3) is 0.600. The summed E-state index contributed by atoms with van der Waals surface area (Å²) in [4.78, 5) is 21.4. The van der Waals surface area contributed by atoms with Gasteiger partial charge < -0.3 is 20.3 Å². The van der Waals surface area contributed by atoms with Gasteiger partial charge in [0, 0.05) is 7.11 Å². The zero-order valence-electron chi connectivity index (χ0n) is 6.20. The number of hydrogen-bond acceptors (Lipinski definition) is 5. The standard InChI is InChI=1S/C5H8N2O5/c1-12-5(11)2(8)6-4(10)7-3(5)9/h2,8,11H,1H3,(H2,6,7,9,10). The highest BCUT2D eigenvalue weighted by molar-refractivity contribution is 6.00. The number of amides is 3. The van der Waals surface area contributed by atoms with Crippen LogP contribution in [0.5, 0.6) is 0 Å². The number of nitrogens with one attached hydrogen (secondary N) is 2. The minimum atomic E-state index is -2.41. The molecule has 1 saturated heterocycles. The molecule has 0 saturated carbocycles. The molecule has 7 nitrogen and oxygen atoms in total. The zero-order chi connectivity index (χ0) is 9.35. The molecule has 0 spiro atoms. The molecule has 0 aromatic rings. The number of hydrogen-bond donors (Lipinski definition) is 4. The van der Waals surface area contributed by atoms with Crippen LogP contribution in [0.3, 0.4) is 0 Å². The highest BCUT2D eigenvalue weighted by Gasteiger charge is 2.49. The van der Waals surface area contributed by atoms with Crippen LogP contribution in [0.15, 0.2) is 0 Å². The van der Waals surface area contributed by atoms with Crippen LogP contribution < -0.4 is 10.6 Å². The third-order valence-electron chi connectivity index (χ3n) is 1.50. The molecule has 2 atom stereocenters. The predicted octanol–water partition coefficient (Wildman–Crippen LogP) is -2.52. The zero-order valence-corrected chi connectivity index (χ0v) is 6.20. The van der Waals surface area contributed by atoms with E-state index < -0.39 is 24.0 Å². The van der Waals surface area contributed by atoms with Gasteiger partial charge in [-0.2, -0.15) is 0 Å². The van der Waals surface area contributed by atoms with Crippen molar-refractivity contribution in [1.82, 2.24) is 10.6 Å². The maximum Gasteiger partial charge on any atom is 0.323 e. The highest BCUT2D eigenvalue weighted by Crippen LogP contribution is 2.12. The van der Waals surface area contributed by atoms with E-state index in [9.17, 15) is 14.7 Å². The van der Waals surface area contributed by atoms with Gasteiger partial charge in [0.25, 0.3) is 11.7 Å². The Balaban J connectivity index is 2.87. The number of ether oxygens (including phenoxy) is 1. The topological polar surface area (TPSA) is 108 Å². The van der Waals surface area contributed by atoms with E-state index in [0.717, 1.165) is 7.11 Å². The molecule has 0 radical (unpaired) electrons. The van der Waals surface area contributed by atoms with E-state index in [1.165, 1.54) is 0 Å². The lowest BCUT2D eigenvalue weighted by Crippen LogP contribution is -2.69. The first kappa shape index (κ1) is 8.91. The molecule has 1 heterocycles. The quantitative estimate of drug-likeness (QED) is 0.330. The number of carbonyl (C=O) groups excluding carboxylic acids is 2. The summed E-state index contributed by atoms with van der Waals surface area (Å²) in [5, 5.41) is 21.8. The molecule has 0 aromatic carbocycles. The fourth-order valence-electron chi connectivity index (χ4n) is 0.779. The number of aliphatic hydroxyl groups is 2. The number of methoxy groups -OCH3 is 1. The third kappa shape index (κ3) is 1.13. The van der Waals surface area contributed by atoms with Crippen molar-refractivity contribution < 1.29 is 24.5 Å². The SMILES string of the molecule is COC1(O)C(=O)NC(=O)NC1O. The first-order valence-corrected chi connectivity index (χ1v) is 3.08. The van der Waals surface area contributed by atoms with Crippen LogP contribution in [0.2, 0.25) is 0 Å². The van der Waals surface area contributed by atoms with Gasteiger partial charge in [-0.15, -0.1) is 0 Å². The molecule has 3 amide bonds. The summed E-state index contributed by atoms with van der Waals surface area (Å²) >= 11 is 0. The Morgan fingerprint density at radius 3 is 2.58 bits per heavy atom. The lowest BCUT2D eigenvalue weighted by molar-refractivity contribution is -0.241. The minimum absolute atomic E-state index is 0.880. The summed E-state index contributed by atoms with van der Waals surface area (Å²) in [6.07, 6.45) is -1.76. The van der Waals surface area contributed by atoms with Crippen molar-refractivity contribution in [2.75, 3.05) is 7.11 Å². The molecule has 0 aromatic heterocycles. The van der Waals surface area contributed by atoms with Crippen molar-refractivity contribution in [2.24, 2.45) is 0 Å². The summed E-state index contributed by atoms with van der Waals surface area (Å²) in [5.74, 6) is -3.50. The summed E-state index contributed by atoms with van der Waals surface area (Å²) < 4.78 is 4.33. The van der Waals surface area contributed by atoms with Crippen LogP contribution in [0.1, 0.15) is 0 Å². The summed E-state index contributed by atoms with van der Waals surface area (Å²) in [7, 11) is 1.03. The van der Waals surface area contributed by atoms with Gasteiger partial charge >= 0.3 is 6.03 Å². The molecule has 1 aliphatic rings. The maximum atomic E-state index is 10.9. The molecule has 4 N–H and O–H groups in total. The average molecular weight is 176 g/mol. The van der Waals surface area contributed by atoms with Crippen LogP contribution in [0.25, 0.3) is 0 Å². The molecule has 68 valence electrons. The molecule has 12 heavy (non-hydrogen) atoms. The number of aliphatic hydroxyl groups excluding tert-OH is 1. The second-order valence-electron chi connectivity index (χ2n) is 2.23. The van der Waals surface area contributed by atoms with Gasteiger partial charge in [0.05, 0.1) is 0 Å². The van der Waals surface area contributed by atoms with Crippen molar-refractivity contribution in [3.63, 3.8) is 0 Å². The van der Waals surface area contributed by atoms with Crippen molar-refractivity contribution in [2.45, 2.75) is 12.0 Å². The normalized spacial score (nSPS) is 35.8. The van der Waals surface area contributed by atoms with Crippen molar-refractivity contribution in [3.05, 3.63) is 0 Å². The maximum absolute atomic E-state index is 10.9. The van der Waals surface area contributed by atoms with Gasteiger partial charge in [0.2, 0.25) is 0 Å². The molecular weight excluding hydrogens is 168 g/mol. The molecule has 7 heteroatoms. The predicted molar refractivity (Wildman–Crippen MR) is 34.6 cm³/mol. The Kier molecular flexibility index (Phi) is 2.01. The largest absolute Gasteiger partial charge is 0.368 e. The summed E-state index contributed by atoms with van der Waals surface area (Å²) in [6.45, 7) is 0. The van der Waals surface area contributed by atoms with Crippen LogP contribution >= 0.6 is 0 Å². The molecular formula is C5H8N2O5. The summed E-state index contributed by atoms with van der Waals surface area (Å²) in [5.41, 5.74) is 0. The second kappa shape index (κ2) is 2.70. The van der Waals surface area contributed by atoms with Crippen LogP contribution in [-0.2, 0) is 9.53 Å². The van der Waals surface area contributed by atoms with E-state index in [0.29, 0.717) is 0 Å². The molecule has 1 rings (SSSR count). The smallest absolute Gasteiger partial charge is 0.323 e. The highest BCUT2D eigenvalue weighted by atomic mass is 16.6. The Morgan fingerprint density at radius 2 is 2.17 bits per heavy atom. The monoisotopic (exact) mass is 176 g/mol. The van der Waals surface area contributed by atoms with Gasteiger partial charge in [-0.3, -0.25) is 10.1 Å². The molecule has 1 fully saturated rings. The first-order chi connectivity index (χ1) is 5.50. The number of carbonyl (C=O) groups is 2. The molecule has 2 unspecified atom stereocenters. The third-order valence-corrected chi connectivity index (χ3v) is 1.50. The van der Waals surface area contributed by atoms with Gasteiger partial charge in [-0.05, 0) is 0 Å². The van der Waals surface area contributed by atoms with E-state index in [2.05, 4.69) is 4.74 Å². The van der Waals surface area contributed by atoms with E-state index in [4.69, 9.17) is 5.11 Å². The van der Waals surface area contributed by atoms with Gasteiger partial charge in [-0.1, -0.05) is 0 Å². The molecule has 0 aliphatic carbocycles. The lowest BCUT2D eigenvalue weighted by atomic mass is 10.2. The van der Waals surface area contributed by atoms with Gasteiger partial charge in [0.15, 0.2) is 6.23 Å². The van der Waals surface area contributed by atoms with Crippen molar-refractivity contribution in [3.8, 4) is 0 Å². The van der Waals surface area contributed by atoms with Gasteiger partial charge in [0.1, 0.15) is 0 Å². The Bertz CT molecular complexity index is 230. The van der Waals surface area contributed by atoms with Crippen molar-refractivity contribution in [1.29, 1.82) is 0 Å². The first-order valence-electron chi connectivity index (χ1n) is 3.08. The summed E-state index contributed by atoms with van der Waals surface area (Å²) in [6, 6.07) is -0.880. The Hall–Kier alpha value is -1.18. The van der Waals surface area contributed by atoms with Crippen LogP contribution in [0, 0.1) is 0 Å². The Morgan fingerprint density at radius 1 is 1.58 bits per heavy atom. The fourth-order valence-corrected chi connectivity index (χ4v) is 0.779. The van der Waals surface area contributed by atoms with E-state index >= 15 is 0 Å². The van der Waals surface area contributed by atoms with Crippen LogP contribution in [0.4, 0.5) is 4.79 Å². The molecule has 0 bridgehead atoms. The lowest BCUT2D eigenvalue weighted by Gasteiger charge is -2.33. The average Bonchev–Trinajstić information content (AvgIpc) is 2.00. The second-order valence-corrected chi connectivity index (χ2v) is 2.23. The van der Waals surface area contributed by atoms with Gasteiger partial charge in [-0.25, -0.2) is 4.79 Å². The van der Waals surface area contributed by atoms with E-state index in [1.54, 1.807) is 5.32 Å².